The molecule has 1 heterocycles. The average molecular weight is 343 g/mol. The molecule has 0 saturated carbocycles. The summed E-state index contributed by atoms with van der Waals surface area (Å²) in [6, 6.07) is 4.83. The van der Waals surface area contributed by atoms with Crippen molar-refractivity contribution >= 4 is 15.8 Å². The normalized spacial score (nSPS) is 28.2. The summed E-state index contributed by atoms with van der Waals surface area (Å²) in [7, 11) is -3.47. The van der Waals surface area contributed by atoms with Crippen LogP contribution >= 0.6 is 0 Å². The zero-order valence-electron chi connectivity index (χ0n) is 13.4. The lowest BCUT2D eigenvalue weighted by Crippen LogP contribution is -2.49. The maximum absolute atomic E-state index is 13.1. The molecule has 1 saturated heterocycles. The molecule has 0 aliphatic carbocycles. The second kappa shape index (κ2) is 6.20. The minimum atomic E-state index is -3.47. The number of hydrogen-bond acceptors (Lipinski definition) is 4. The lowest BCUT2D eigenvalue weighted by atomic mass is 9.87. The van der Waals surface area contributed by atoms with E-state index in [1.54, 1.807) is 0 Å². The Balaban J connectivity index is 2.47. The number of aliphatic carboxylic acids is 1. The number of carboxylic acid groups (broad SMARTS) is 1. The summed E-state index contributed by atoms with van der Waals surface area (Å²) in [6.45, 7) is 3.79. The van der Waals surface area contributed by atoms with E-state index in [2.05, 4.69) is 5.32 Å². The minimum absolute atomic E-state index is 0.00138. The quantitative estimate of drug-likeness (QED) is 0.856. The van der Waals surface area contributed by atoms with E-state index >= 15 is 0 Å². The van der Waals surface area contributed by atoms with Gasteiger partial charge in [0.2, 0.25) is 0 Å². The van der Waals surface area contributed by atoms with Gasteiger partial charge in [-0.2, -0.15) is 0 Å². The van der Waals surface area contributed by atoms with E-state index in [9.17, 15) is 22.7 Å². The summed E-state index contributed by atoms with van der Waals surface area (Å²) in [5.41, 5.74) is -0.713. The van der Waals surface area contributed by atoms with E-state index in [0.29, 0.717) is 12.0 Å². The van der Waals surface area contributed by atoms with E-state index in [-0.39, 0.29) is 12.3 Å². The first kappa shape index (κ1) is 17.9. The van der Waals surface area contributed by atoms with Crippen molar-refractivity contribution in [2.24, 2.45) is 5.92 Å². The van der Waals surface area contributed by atoms with Crippen LogP contribution < -0.4 is 5.32 Å². The highest BCUT2D eigenvalue weighted by Crippen LogP contribution is 2.40. The molecule has 1 aromatic carbocycles. The Morgan fingerprint density at radius 2 is 1.96 bits per heavy atom. The Morgan fingerprint density at radius 3 is 2.39 bits per heavy atom. The van der Waals surface area contributed by atoms with Crippen LogP contribution in [0.15, 0.2) is 24.3 Å². The summed E-state index contributed by atoms with van der Waals surface area (Å²) in [4.78, 5) is 11.8. The Morgan fingerprint density at radius 1 is 1.39 bits per heavy atom. The molecule has 3 atom stereocenters. The summed E-state index contributed by atoms with van der Waals surface area (Å²) in [5.74, 6) is -1.38. The van der Waals surface area contributed by atoms with E-state index in [4.69, 9.17) is 0 Å². The topological polar surface area (TPSA) is 83.5 Å². The van der Waals surface area contributed by atoms with Crippen molar-refractivity contribution in [3.05, 3.63) is 35.6 Å². The van der Waals surface area contributed by atoms with Gasteiger partial charge >= 0.3 is 5.97 Å². The monoisotopic (exact) mass is 343 g/mol. The summed E-state index contributed by atoms with van der Waals surface area (Å²) in [6.07, 6.45) is 1.44. The Kier molecular flexibility index (Phi) is 4.82. The number of nitrogens with one attached hydrogen (secondary N) is 1. The second-order valence-electron chi connectivity index (χ2n) is 6.73. The van der Waals surface area contributed by atoms with Crippen LogP contribution in [0.4, 0.5) is 4.39 Å². The number of halogens is 1. The molecule has 0 aromatic heterocycles. The predicted octanol–water partition coefficient (Wildman–Crippen LogP) is 2.14. The van der Waals surface area contributed by atoms with Crippen LogP contribution in [0.5, 0.6) is 0 Å². The Hall–Kier alpha value is -1.47. The maximum atomic E-state index is 13.1. The minimum Gasteiger partial charge on any atom is -0.480 e. The number of hydrogen-bond donors (Lipinski definition) is 2. The van der Waals surface area contributed by atoms with Crippen LogP contribution in [-0.4, -0.2) is 36.5 Å². The van der Waals surface area contributed by atoms with E-state index in [0.717, 1.165) is 6.26 Å². The van der Waals surface area contributed by atoms with Crippen LogP contribution in [-0.2, 0) is 14.6 Å². The molecule has 2 N–H and O–H groups in total. The summed E-state index contributed by atoms with van der Waals surface area (Å²) in [5, 5.41) is 11.9. The molecule has 1 aromatic rings. The molecular formula is C16H22FNO4S. The van der Waals surface area contributed by atoms with Gasteiger partial charge in [-0.05, 0) is 36.5 Å². The van der Waals surface area contributed by atoms with Gasteiger partial charge in [0.05, 0.1) is 5.25 Å². The van der Waals surface area contributed by atoms with Crippen molar-refractivity contribution in [1.29, 1.82) is 0 Å². The number of carbonyl (C=O) groups is 1. The molecule has 0 unspecified atom stereocenters. The molecule has 1 aliphatic rings. The third-order valence-electron chi connectivity index (χ3n) is 4.30. The van der Waals surface area contributed by atoms with Crippen molar-refractivity contribution in [3.63, 3.8) is 0 Å². The van der Waals surface area contributed by atoms with E-state index in [1.165, 1.54) is 24.3 Å². The molecule has 7 heteroatoms. The third-order valence-corrected chi connectivity index (χ3v) is 5.84. The zero-order valence-corrected chi connectivity index (χ0v) is 14.2. The molecule has 0 radical (unpaired) electrons. The fourth-order valence-corrected chi connectivity index (χ4v) is 4.66. The molecule has 2 rings (SSSR count). The Bertz CT molecular complexity index is 687. The highest BCUT2D eigenvalue weighted by Gasteiger charge is 2.53. The predicted molar refractivity (Wildman–Crippen MR) is 85.3 cm³/mol. The summed E-state index contributed by atoms with van der Waals surface area (Å²) >= 11 is 0. The molecule has 0 amide bonds. The van der Waals surface area contributed by atoms with Crippen molar-refractivity contribution in [1.82, 2.24) is 5.32 Å². The van der Waals surface area contributed by atoms with Crippen LogP contribution in [0.1, 0.15) is 38.3 Å². The second-order valence-corrected chi connectivity index (χ2v) is 9.00. The van der Waals surface area contributed by atoms with Crippen LogP contribution in [0, 0.1) is 11.7 Å². The average Bonchev–Trinajstić information content (AvgIpc) is 2.80. The first-order valence-corrected chi connectivity index (χ1v) is 9.46. The first-order valence-electron chi connectivity index (χ1n) is 7.50. The Labute approximate surface area is 135 Å². The molecule has 1 aliphatic heterocycles. The molecule has 5 nitrogen and oxygen atoms in total. The van der Waals surface area contributed by atoms with Gasteiger partial charge in [0.25, 0.3) is 0 Å². The van der Waals surface area contributed by atoms with Gasteiger partial charge in [-0.3, -0.25) is 10.1 Å². The number of rotatable bonds is 5. The van der Waals surface area contributed by atoms with E-state index < -0.39 is 38.5 Å². The number of benzene rings is 1. The highest BCUT2D eigenvalue weighted by atomic mass is 32.2. The van der Waals surface area contributed by atoms with Crippen molar-refractivity contribution in [3.8, 4) is 0 Å². The lowest BCUT2D eigenvalue weighted by Gasteiger charge is -2.27. The molecule has 1 fully saturated rings. The van der Waals surface area contributed by atoms with Crippen molar-refractivity contribution in [2.45, 2.75) is 43.5 Å². The molecule has 0 spiro atoms. The van der Waals surface area contributed by atoms with Gasteiger partial charge in [-0.15, -0.1) is 0 Å². The van der Waals surface area contributed by atoms with Crippen molar-refractivity contribution < 1.29 is 22.7 Å². The van der Waals surface area contributed by atoms with Gasteiger partial charge in [0.15, 0.2) is 9.84 Å². The smallest absolute Gasteiger partial charge is 0.323 e. The van der Waals surface area contributed by atoms with Crippen molar-refractivity contribution in [2.75, 3.05) is 6.26 Å². The molecule has 128 valence electrons. The molecular weight excluding hydrogens is 321 g/mol. The standard InChI is InChI=1S/C16H22FNO4S/c1-10(2)8-16(15(19)20)9-13(23(3,21)22)14(18-16)11-4-6-12(17)7-5-11/h4-7,10,13-14,18H,8-9H2,1-3H3,(H,19,20)/t13-,14+,16+/m0/s1. The van der Waals surface area contributed by atoms with Crippen LogP contribution in [0.25, 0.3) is 0 Å². The van der Waals surface area contributed by atoms with Crippen LogP contribution in [0.3, 0.4) is 0 Å². The SMILES string of the molecule is CC(C)C[C@]1(C(=O)O)C[C@H](S(C)(=O)=O)[C@@H](c2ccc(F)cc2)N1. The van der Waals surface area contributed by atoms with Gasteiger partial charge in [0, 0.05) is 12.3 Å². The number of carboxylic acids is 1. The largest absolute Gasteiger partial charge is 0.480 e. The highest BCUT2D eigenvalue weighted by molar-refractivity contribution is 7.91. The van der Waals surface area contributed by atoms with E-state index in [1.807, 2.05) is 13.8 Å². The molecule has 23 heavy (non-hydrogen) atoms. The van der Waals surface area contributed by atoms with Gasteiger partial charge in [0.1, 0.15) is 11.4 Å². The van der Waals surface area contributed by atoms with Gasteiger partial charge < -0.3 is 5.11 Å². The van der Waals surface area contributed by atoms with Gasteiger partial charge in [-0.25, -0.2) is 12.8 Å². The lowest BCUT2D eigenvalue weighted by molar-refractivity contribution is -0.145. The third kappa shape index (κ3) is 3.72. The summed E-state index contributed by atoms with van der Waals surface area (Å²) < 4.78 is 37.5. The fraction of sp³-hybridized carbons (Fsp3) is 0.562. The fourth-order valence-electron chi connectivity index (χ4n) is 3.35. The first-order chi connectivity index (χ1) is 10.5. The van der Waals surface area contributed by atoms with Gasteiger partial charge in [-0.1, -0.05) is 26.0 Å². The van der Waals surface area contributed by atoms with Crippen LogP contribution in [0.2, 0.25) is 0 Å². The number of sulfone groups is 1. The maximum Gasteiger partial charge on any atom is 0.323 e. The molecule has 0 bridgehead atoms. The zero-order chi connectivity index (χ0) is 17.4.